The van der Waals surface area contributed by atoms with Gasteiger partial charge in [0, 0.05) is 36.9 Å². The lowest BCUT2D eigenvalue weighted by Gasteiger charge is -2.33. The van der Waals surface area contributed by atoms with Crippen LogP contribution < -0.4 is 5.56 Å². The second-order valence-electron chi connectivity index (χ2n) is 9.44. The van der Waals surface area contributed by atoms with Crippen LogP contribution in [-0.2, 0) is 28.9 Å². The van der Waals surface area contributed by atoms with Crippen molar-refractivity contribution in [3.8, 4) is 0 Å². The van der Waals surface area contributed by atoms with Gasteiger partial charge in [-0.25, -0.2) is 4.98 Å². The van der Waals surface area contributed by atoms with Crippen LogP contribution in [0.25, 0.3) is 10.2 Å². The van der Waals surface area contributed by atoms with Crippen molar-refractivity contribution in [2.24, 2.45) is 5.92 Å². The number of aryl methyl sites for hydroxylation is 2. The second-order valence-corrected chi connectivity index (χ2v) is 11.5. The Morgan fingerprint density at radius 2 is 2.06 bits per heavy atom. The fourth-order valence-corrected chi connectivity index (χ4v) is 7.37. The van der Waals surface area contributed by atoms with Gasteiger partial charge in [-0.1, -0.05) is 25.6 Å². The predicted molar refractivity (Wildman–Crippen MR) is 127 cm³/mol. The van der Waals surface area contributed by atoms with Crippen molar-refractivity contribution in [2.45, 2.75) is 69.9 Å². The molecule has 31 heavy (non-hydrogen) atoms. The number of thiophene rings is 1. The summed E-state index contributed by atoms with van der Waals surface area (Å²) < 4.78 is 13.8. The summed E-state index contributed by atoms with van der Waals surface area (Å²) in [5.41, 5.74) is 1.39. The van der Waals surface area contributed by atoms with Crippen molar-refractivity contribution in [1.29, 1.82) is 0 Å². The summed E-state index contributed by atoms with van der Waals surface area (Å²) in [6, 6.07) is 0. The molecule has 0 spiro atoms. The molecule has 170 valence electrons. The molecule has 0 saturated carbocycles. The van der Waals surface area contributed by atoms with Crippen molar-refractivity contribution in [1.82, 2.24) is 14.5 Å². The summed E-state index contributed by atoms with van der Waals surface area (Å²) in [6.07, 6.45) is 5.65. The maximum atomic E-state index is 13.6. The summed E-state index contributed by atoms with van der Waals surface area (Å²) in [4.78, 5) is 23.4. The minimum Gasteiger partial charge on any atom is -0.376 e. The Kier molecular flexibility index (Phi) is 6.72. The Morgan fingerprint density at radius 1 is 1.19 bits per heavy atom. The van der Waals surface area contributed by atoms with Gasteiger partial charge in [0.2, 0.25) is 0 Å². The molecule has 0 radical (unpaired) electrons. The third-order valence-electron chi connectivity index (χ3n) is 6.44. The maximum absolute atomic E-state index is 13.6. The maximum Gasteiger partial charge on any atom is 0.263 e. The zero-order valence-electron chi connectivity index (χ0n) is 18.6. The largest absolute Gasteiger partial charge is 0.376 e. The molecular formula is C23H33N3O3S2. The van der Waals surface area contributed by atoms with Gasteiger partial charge in [0.05, 0.1) is 30.7 Å². The van der Waals surface area contributed by atoms with E-state index >= 15 is 0 Å². The molecule has 0 amide bonds. The molecule has 2 aromatic rings. The van der Waals surface area contributed by atoms with E-state index in [1.807, 2.05) is 4.57 Å². The normalized spacial score (nSPS) is 24.5. The predicted octanol–water partition coefficient (Wildman–Crippen LogP) is 3.57. The SMILES string of the molecule is CC(C)CN1CCO[C@H](CSc2nc3sc4c(c3c(=O)n2C[C@@H]2CCCO2)CCC4)C1. The first-order valence-electron chi connectivity index (χ1n) is 11.7. The summed E-state index contributed by atoms with van der Waals surface area (Å²) in [6.45, 7) is 9.79. The van der Waals surface area contributed by atoms with Crippen molar-refractivity contribution < 1.29 is 9.47 Å². The molecule has 4 heterocycles. The Labute approximate surface area is 192 Å². The molecule has 0 unspecified atom stereocenters. The van der Waals surface area contributed by atoms with E-state index < -0.39 is 0 Å². The number of ether oxygens (including phenoxy) is 2. The fraction of sp³-hybridized carbons (Fsp3) is 0.739. The van der Waals surface area contributed by atoms with Crippen LogP contribution in [0.2, 0.25) is 0 Å². The number of morpholine rings is 1. The van der Waals surface area contributed by atoms with Crippen molar-refractivity contribution in [3.63, 3.8) is 0 Å². The van der Waals surface area contributed by atoms with E-state index in [4.69, 9.17) is 14.5 Å². The fourth-order valence-electron chi connectivity index (χ4n) is 5.05. The highest BCUT2D eigenvalue weighted by Crippen LogP contribution is 2.36. The van der Waals surface area contributed by atoms with Gasteiger partial charge in [-0.15, -0.1) is 11.3 Å². The monoisotopic (exact) mass is 463 g/mol. The molecule has 2 aromatic heterocycles. The molecule has 6 nitrogen and oxygen atoms in total. The van der Waals surface area contributed by atoms with Crippen LogP contribution in [0.1, 0.15) is 43.6 Å². The molecular weight excluding hydrogens is 430 g/mol. The number of hydrogen-bond acceptors (Lipinski definition) is 7. The van der Waals surface area contributed by atoms with Gasteiger partial charge in [-0.2, -0.15) is 0 Å². The average molecular weight is 464 g/mol. The minimum absolute atomic E-state index is 0.121. The third-order valence-corrected chi connectivity index (χ3v) is 8.74. The van der Waals surface area contributed by atoms with Crippen molar-refractivity contribution in [2.75, 3.05) is 38.6 Å². The van der Waals surface area contributed by atoms with Gasteiger partial charge >= 0.3 is 0 Å². The number of thioether (sulfide) groups is 1. The minimum atomic E-state index is 0.121. The zero-order chi connectivity index (χ0) is 21.4. The molecule has 0 N–H and O–H groups in total. The van der Waals surface area contributed by atoms with Gasteiger partial charge in [0.15, 0.2) is 5.16 Å². The van der Waals surface area contributed by atoms with Gasteiger partial charge in [0.1, 0.15) is 4.83 Å². The third kappa shape index (κ3) is 4.74. The van der Waals surface area contributed by atoms with E-state index in [-0.39, 0.29) is 17.8 Å². The Bertz CT molecular complexity index is 981. The lowest BCUT2D eigenvalue weighted by atomic mass is 10.2. The topological polar surface area (TPSA) is 56.6 Å². The van der Waals surface area contributed by atoms with Crippen LogP contribution in [0.4, 0.5) is 0 Å². The molecule has 2 atom stereocenters. The summed E-state index contributed by atoms with van der Waals surface area (Å²) in [7, 11) is 0. The standard InChI is InChI=1S/C23H33N3O3S2/c1-15(2)11-25-8-10-29-17(12-25)14-30-23-24-21-20(18-6-3-7-19(18)31-21)22(27)26(23)13-16-5-4-9-28-16/h15-17H,3-14H2,1-2H3/t16-,17-/m0/s1. The summed E-state index contributed by atoms with van der Waals surface area (Å²) in [5, 5.41) is 1.70. The molecule has 2 aliphatic heterocycles. The van der Waals surface area contributed by atoms with Crippen LogP contribution in [-0.4, -0.2) is 65.3 Å². The number of aromatic nitrogens is 2. The molecule has 0 aromatic carbocycles. The number of nitrogens with zero attached hydrogens (tertiary/aromatic N) is 3. The lowest BCUT2D eigenvalue weighted by Crippen LogP contribution is -2.45. The van der Waals surface area contributed by atoms with E-state index in [1.165, 1.54) is 10.4 Å². The van der Waals surface area contributed by atoms with E-state index in [9.17, 15) is 4.79 Å². The highest BCUT2D eigenvalue weighted by Gasteiger charge is 2.27. The van der Waals surface area contributed by atoms with Crippen LogP contribution >= 0.6 is 23.1 Å². The Hall–Kier alpha value is -0.930. The summed E-state index contributed by atoms with van der Waals surface area (Å²) in [5.74, 6) is 1.48. The van der Waals surface area contributed by atoms with Gasteiger partial charge in [-0.3, -0.25) is 14.3 Å². The molecule has 3 aliphatic rings. The van der Waals surface area contributed by atoms with Gasteiger partial charge in [-0.05, 0) is 43.6 Å². The number of hydrogen-bond donors (Lipinski definition) is 0. The quantitative estimate of drug-likeness (QED) is 0.462. The molecule has 1 aliphatic carbocycles. The van der Waals surface area contributed by atoms with Crippen molar-refractivity contribution >= 4 is 33.3 Å². The first-order valence-corrected chi connectivity index (χ1v) is 13.5. The average Bonchev–Trinajstić information content (AvgIpc) is 3.46. The lowest BCUT2D eigenvalue weighted by molar-refractivity contribution is -0.0191. The molecule has 2 fully saturated rings. The van der Waals surface area contributed by atoms with Crippen LogP contribution in [0.15, 0.2) is 9.95 Å². The highest BCUT2D eigenvalue weighted by atomic mass is 32.2. The highest BCUT2D eigenvalue weighted by molar-refractivity contribution is 7.99. The first-order chi connectivity index (χ1) is 15.1. The zero-order valence-corrected chi connectivity index (χ0v) is 20.2. The second kappa shape index (κ2) is 9.51. The van der Waals surface area contributed by atoms with E-state index in [1.54, 1.807) is 23.1 Å². The van der Waals surface area contributed by atoms with Gasteiger partial charge in [0.25, 0.3) is 5.56 Å². The van der Waals surface area contributed by atoms with Crippen LogP contribution in [0.3, 0.4) is 0 Å². The first kappa shape index (κ1) is 21.9. The molecule has 8 heteroatoms. The van der Waals surface area contributed by atoms with Crippen LogP contribution in [0, 0.1) is 5.92 Å². The van der Waals surface area contributed by atoms with Gasteiger partial charge < -0.3 is 9.47 Å². The number of rotatable bonds is 7. The number of fused-ring (bicyclic) bond motifs is 3. The molecule has 0 bridgehead atoms. The van der Waals surface area contributed by atoms with E-state index in [0.29, 0.717) is 12.5 Å². The molecule has 2 saturated heterocycles. The van der Waals surface area contributed by atoms with E-state index in [0.717, 1.165) is 86.1 Å². The van der Waals surface area contributed by atoms with Crippen LogP contribution in [0.5, 0.6) is 0 Å². The Balaban J connectivity index is 1.39. The van der Waals surface area contributed by atoms with E-state index in [2.05, 4.69) is 18.7 Å². The summed E-state index contributed by atoms with van der Waals surface area (Å²) >= 11 is 3.41. The Morgan fingerprint density at radius 3 is 2.87 bits per heavy atom. The smallest absolute Gasteiger partial charge is 0.263 e. The molecule has 5 rings (SSSR count). The van der Waals surface area contributed by atoms with Crippen molar-refractivity contribution in [3.05, 3.63) is 20.8 Å².